The molecular formula is C18H24ClFN4O2S2. The van der Waals surface area contributed by atoms with Crippen LogP contribution < -0.4 is 10.0 Å². The predicted octanol–water partition coefficient (Wildman–Crippen LogP) is 4.41. The molecule has 0 bridgehead atoms. The zero-order chi connectivity index (χ0) is 20.3. The van der Waals surface area contributed by atoms with Crippen LogP contribution in [0.4, 0.5) is 15.2 Å². The van der Waals surface area contributed by atoms with E-state index in [0.29, 0.717) is 11.7 Å². The van der Waals surface area contributed by atoms with Crippen LogP contribution in [-0.2, 0) is 10.0 Å². The minimum atomic E-state index is -4.11. The number of likely N-dealkylation sites (N-methyl/N-ethyl adjacent to an activating group) is 1. The number of hydrogen-bond donors (Lipinski definition) is 2. The van der Waals surface area contributed by atoms with Crippen molar-refractivity contribution in [3.63, 3.8) is 0 Å². The number of nitrogens with one attached hydrogen (secondary N) is 2. The number of aromatic nitrogens is 1. The molecule has 2 N–H and O–H groups in total. The molecule has 28 heavy (non-hydrogen) atoms. The molecule has 1 aliphatic rings. The second-order valence-corrected chi connectivity index (χ2v) is 9.83. The Kier molecular flexibility index (Phi) is 6.80. The summed E-state index contributed by atoms with van der Waals surface area (Å²) in [5.74, 6) is -0.854. The summed E-state index contributed by atoms with van der Waals surface area (Å²) >= 11 is 7.43. The van der Waals surface area contributed by atoms with Gasteiger partial charge in [-0.15, -0.1) is 11.3 Å². The van der Waals surface area contributed by atoms with Crippen LogP contribution in [0, 0.1) is 5.82 Å². The van der Waals surface area contributed by atoms with Crippen LogP contribution in [0.15, 0.2) is 28.6 Å². The first-order valence-electron chi connectivity index (χ1n) is 9.20. The van der Waals surface area contributed by atoms with Gasteiger partial charge in [0.15, 0.2) is 5.13 Å². The summed E-state index contributed by atoms with van der Waals surface area (Å²) < 4.78 is 41.9. The number of hydrogen-bond acceptors (Lipinski definition) is 6. The van der Waals surface area contributed by atoms with Gasteiger partial charge in [0.2, 0.25) is 0 Å². The number of halogens is 2. The van der Waals surface area contributed by atoms with Gasteiger partial charge in [-0.1, -0.05) is 31.4 Å². The number of anilines is 2. The summed E-state index contributed by atoms with van der Waals surface area (Å²) in [6, 6.07) is 2.77. The molecule has 1 fully saturated rings. The zero-order valence-electron chi connectivity index (χ0n) is 15.8. The molecule has 0 spiro atoms. The largest absolute Gasteiger partial charge is 0.379 e. The highest BCUT2D eigenvalue weighted by Crippen LogP contribution is 2.32. The molecule has 3 rings (SSSR count). The zero-order valence-corrected chi connectivity index (χ0v) is 18.2. The summed E-state index contributed by atoms with van der Waals surface area (Å²) in [4.78, 5) is 5.64. The highest BCUT2D eigenvalue weighted by atomic mass is 35.5. The van der Waals surface area contributed by atoms with Crippen LogP contribution >= 0.6 is 22.9 Å². The van der Waals surface area contributed by atoms with Crippen molar-refractivity contribution in [3.05, 3.63) is 34.5 Å². The summed E-state index contributed by atoms with van der Waals surface area (Å²) in [6.45, 7) is 3.03. The average molecular weight is 447 g/mol. The van der Waals surface area contributed by atoms with Crippen molar-refractivity contribution >= 4 is 43.8 Å². The first kappa shape index (κ1) is 21.3. The molecule has 1 heterocycles. The lowest BCUT2D eigenvalue weighted by molar-refractivity contribution is 0.185. The molecule has 2 atom stereocenters. The number of thiazole rings is 1. The Balaban J connectivity index is 1.83. The predicted molar refractivity (Wildman–Crippen MR) is 112 cm³/mol. The third-order valence-electron chi connectivity index (χ3n) is 5.10. The van der Waals surface area contributed by atoms with Crippen molar-refractivity contribution in [1.82, 2.24) is 9.88 Å². The summed E-state index contributed by atoms with van der Waals surface area (Å²) in [5, 5.41) is 5.31. The third kappa shape index (κ3) is 4.76. The maximum Gasteiger partial charge on any atom is 0.266 e. The number of rotatable bonds is 7. The molecule has 154 valence electrons. The van der Waals surface area contributed by atoms with E-state index in [2.05, 4.69) is 33.9 Å². The van der Waals surface area contributed by atoms with E-state index >= 15 is 0 Å². The molecule has 1 aromatic carbocycles. The van der Waals surface area contributed by atoms with Crippen molar-refractivity contribution < 1.29 is 12.8 Å². The maximum absolute atomic E-state index is 14.7. The topological polar surface area (TPSA) is 74.3 Å². The Morgan fingerprint density at radius 2 is 2.11 bits per heavy atom. The summed E-state index contributed by atoms with van der Waals surface area (Å²) in [7, 11) is -2.04. The van der Waals surface area contributed by atoms with Gasteiger partial charge in [-0.25, -0.2) is 17.8 Å². The van der Waals surface area contributed by atoms with Gasteiger partial charge in [-0.05, 0) is 38.6 Å². The fourth-order valence-electron chi connectivity index (χ4n) is 3.53. The molecular weight excluding hydrogens is 423 g/mol. The van der Waals surface area contributed by atoms with Crippen LogP contribution in [0.5, 0.6) is 0 Å². The average Bonchev–Trinajstić information content (AvgIpc) is 3.16. The number of benzene rings is 1. The second-order valence-electron chi connectivity index (χ2n) is 6.88. The van der Waals surface area contributed by atoms with Crippen molar-refractivity contribution in [3.8, 4) is 0 Å². The molecule has 6 nitrogen and oxygen atoms in total. The fourth-order valence-corrected chi connectivity index (χ4v) is 5.69. The van der Waals surface area contributed by atoms with E-state index in [-0.39, 0.29) is 16.2 Å². The first-order valence-corrected chi connectivity index (χ1v) is 11.9. The Hall–Kier alpha value is -1.42. The molecule has 1 aliphatic carbocycles. The van der Waals surface area contributed by atoms with Gasteiger partial charge in [0, 0.05) is 23.7 Å². The highest BCUT2D eigenvalue weighted by Gasteiger charge is 2.29. The molecule has 2 aromatic rings. The Bertz CT molecular complexity index is 909. The minimum Gasteiger partial charge on any atom is -0.379 e. The number of sulfonamides is 1. The van der Waals surface area contributed by atoms with Gasteiger partial charge < -0.3 is 10.2 Å². The van der Waals surface area contributed by atoms with Crippen LogP contribution in [0.25, 0.3) is 0 Å². The van der Waals surface area contributed by atoms with Gasteiger partial charge in [-0.2, -0.15) is 0 Å². The van der Waals surface area contributed by atoms with Crippen molar-refractivity contribution in [1.29, 1.82) is 0 Å². The molecule has 0 saturated heterocycles. The monoisotopic (exact) mass is 446 g/mol. The minimum absolute atomic E-state index is 0.131. The van der Waals surface area contributed by atoms with E-state index in [1.807, 2.05) is 0 Å². The lowest BCUT2D eigenvalue weighted by Gasteiger charge is -2.38. The van der Waals surface area contributed by atoms with E-state index in [1.165, 1.54) is 6.20 Å². The summed E-state index contributed by atoms with van der Waals surface area (Å²) in [5.41, 5.74) is 0.411. The third-order valence-corrected chi connectivity index (χ3v) is 7.58. The lowest BCUT2D eigenvalue weighted by atomic mass is 9.89. The number of nitrogens with zero attached hydrogens (tertiary/aromatic N) is 2. The van der Waals surface area contributed by atoms with Crippen molar-refractivity contribution in [2.45, 2.75) is 49.6 Å². The van der Waals surface area contributed by atoms with Gasteiger partial charge >= 0.3 is 0 Å². The van der Waals surface area contributed by atoms with Gasteiger partial charge in [0.1, 0.15) is 10.7 Å². The van der Waals surface area contributed by atoms with Crippen molar-refractivity contribution in [2.24, 2.45) is 0 Å². The van der Waals surface area contributed by atoms with E-state index < -0.39 is 20.7 Å². The van der Waals surface area contributed by atoms with Crippen LogP contribution in [0.1, 0.15) is 32.6 Å². The molecule has 0 amide bonds. The molecule has 0 radical (unpaired) electrons. The van der Waals surface area contributed by atoms with Crippen molar-refractivity contribution in [2.75, 3.05) is 23.6 Å². The Morgan fingerprint density at radius 1 is 1.36 bits per heavy atom. The van der Waals surface area contributed by atoms with Crippen LogP contribution in [0.3, 0.4) is 0 Å². The maximum atomic E-state index is 14.7. The molecule has 0 unspecified atom stereocenters. The lowest BCUT2D eigenvalue weighted by Crippen LogP contribution is -2.47. The van der Waals surface area contributed by atoms with Gasteiger partial charge in [0.05, 0.1) is 10.7 Å². The Morgan fingerprint density at radius 3 is 2.79 bits per heavy atom. The normalized spacial score (nSPS) is 20.3. The fraction of sp³-hybridized carbons (Fsp3) is 0.500. The van der Waals surface area contributed by atoms with E-state index in [0.717, 1.165) is 55.7 Å². The SMILES string of the molecule is CCN(C)[C@H]1CCCC[C@@H]1Nc1cc(F)c(S(=O)(=O)Nc2nccs2)cc1Cl. The molecule has 0 aliphatic heterocycles. The van der Waals surface area contributed by atoms with Gasteiger partial charge in [0.25, 0.3) is 10.0 Å². The second kappa shape index (κ2) is 8.94. The first-order chi connectivity index (χ1) is 13.3. The van der Waals surface area contributed by atoms with Crippen LogP contribution in [0.2, 0.25) is 5.02 Å². The van der Waals surface area contributed by atoms with Crippen LogP contribution in [-0.4, -0.2) is 44.0 Å². The summed E-state index contributed by atoms with van der Waals surface area (Å²) in [6.07, 6.45) is 5.74. The highest BCUT2D eigenvalue weighted by molar-refractivity contribution is 7.93. The standard InChI is InChI=1S/C18H24ClFN4O2S2/c1-3-24(2)16-7-5-4-6-14(16)22-15-11-13(20)17(10-12(15)19)28(25,26)23-18-21-8-9-27-18/h8-11,14,16,22H,3-7H2,1-2H3,(H,21,23)/t14-,16-/m0/s1. The molecule has 1 saturated carbocycles. The molecule has 1 aromatic heterocycles. The quantitative estimate of drug-likeness (QED) is 0.658. The van der Waals surface area contributed by atoms with E-state index in [1.54, 1.807) is 5.38 Å². The smallest absolute Gasteiger partial charge is 0.266 e. The van der Waals surface area contributed by atoms with E-state index in [4.69, 9.17) is 11.6 Å². The van der Waals surface area contributed by atoms with Gasteiger partial charge in [-0.3, -0.25) is 4.72 Å². The molecule has 10 heteroatoms. The van der Waals surface area contributed by atoms with E-state index in [9.17, 15) is 12.8 Å². The Labute approximate surface area is 174 Å².